The van der Waals surface area contributed by atoms with Crippen molar-refractivity contribution in [2.75, 3.05) is 12.3 Å². The lowest BCUT2D eigenvalue weighted by Gasteiger charge is -2.29. The second-order valence-corrected chi connectivity index (χ2v) is 9.46. The van der Waals surface area contributed by atoms with E-state index in [4.69, 9.17) is 16.9 Å². The maximum atomic E-state index is 13.0. The number of nitrogens with zero attached hydrogens (tertiary/aromatic N) is 1. The number of thioether (sulfide) groups is 1. The Bertz CT molecular complexity index is 681. The summed E-state index contributed by atoms with van der Waals surface area (Å²) in [6.45, 7) is 0.693. The number of ketones is 1. The molecule has 1 aliphatic heterocycles. The van der Waals surface area contributed by atoms with Crippen LogP contribution in [0, 0.1) is 26.9 Å². The van der Waals surface area contributed by atoms with Gasteiger partial charge < -0.3 is 5.32 Å². The van der Waals surface area contributed by atoms with E-state index in [9.17, 15) is 4.79 Å². The first-order valence-corrected chi connectivity index (χ1v) is 11.1. The van der Waals surface area contributed by atoms with E-state index in [2.05, 4.69) is 33.2 Å². The van der Waals surface area contributed by atoms with Crippen LogP contribution in [0.5, 0.6) is 0 Å². The van der Waals surface area contributed by atoms with Crippen molar-refractivity contribution < 1.29 is 4.79 Å². The van der Waals surface area contributed by atoms with Gasteiger partial charge in [-0.15, -0.1) is 11.8 Å². The summed E-state index contributed by atoms with van der Waals surface area (Å²) in [6.07, 6.45) is 6.05. The van der Waals surface area contributed by atoms with Gasteiger partial charge in [0.25, 0.3) is 0 Å². The number of hydrogen-bond acceptors (Lipinski definition) is 5. The third kappa shape index (κ3) is 4.82. The van der Waals surface area contributed by atoms with Crippen molar-refractivity contribution in [3.05, 3.63) is 32.4 Å². The topological polar surface area (TPSA) is 64.9 Å². The van der Waals surface area contributed by atoms with E-state index in [0.717, 1.165) is 40.0 Å². The number of Topliss-reactive ketones (excluding diaryl/α,β-unsaturated/α-hetero) is 1. The van der Waals surface area contributed by atoms with E-state index >= 15 is 0 Å². The number of nitriles is 1. The zero-order valence-corrected chi connectivity index (χ0v) is 17.5. The van der Waals surface area contributed by atoms with E-state index in [-0.39, 0.29) is 17.3 Å². The predicted octanol–water partition coefficient (Wildman–Crippen LogP) is 4.09. The molecule has 2 fully saturated rings. The van der Waals surface area contributed by atoms with Gasteiger partial charge in [0.05, 0.1) is 11.4 Å². The summed E-state index contributed by atoms with van der Waals surface area (Å²) in [4.78, 5) is 13.0. The van der Waals surface area contributed by atoms with Crippen LogP contribution >= 0.6 is 46.0 Å². The van der Waals surface area contributed by atoms with E-state index in [0.29, 0.717) is 18.2 Å². The minimum absolute atomic E-state index is 0.0749. The molecule has 1 aliphatic carbocycles. The number of hydrogen-bond donors (Lipinski definition) is 2. The van der Waals surface area contributed by atoms with E-state index < -0.39 is 0 Å². The van der Waals surface area contributed by atoms with Crippen LogP contribution in [0.3, 0.4) is 0 Å². The molecule has 0 aromatic heterocycles. The smallest absolute Gasteiger partial charge is 0.176 e. The summed E-state index contributed by atoms with van der Waals surface area (Å²) in [5, 5.41) is 15.8. The Balaban J connectivity index is 1.59. The van der Waals surface area contributed by atoms with Crippen molar-refractivity contribution in [1.82, 2.24) is 10.6 Å². The van der Waals surface area contributed by atoms with Crippen molar-refractivity contribution in [3.63, 3.8) is 0 Å². The van der Waals surface area contributed by atoms with E-state index in [1.807, 2.05) is 24.4 Å². The van der Waals surface area contributed by atoms with Crippen LogP contribution in [-0.4, -0.2) is 24.1 Å². The molecular weight excluding hydrogens is 469 g/mol. The largest absolute Gasteiger partial charge is 0.324 e. The van der Waals surface area contributed by atoms with Gasteiger partial charge in [0.15, 0.2) is 12.0 Å². The first-order chi connectivity index (χ1) is 12.1. The predicted molar refractivity (Wildman–Crippen MR) is 110 cm³/mol. The second-order valence-electron chi connectivity index (χ2n) is 6.72. The van der Waals surface area contributed by atoms with Crippen LogP contribution in [0.4, 0.5) is 0 Å². The van der Waals surface area contributed by atoms with Gasteiger partial charge >= 0.3 is 0 Å². The molecule has 0 amide bonds. The summed E-state index contributed by atoms with van der Waals surface area (Å²) in [5.41, 5.74) is 1.20. The van der Waals surface area contributed by atoms with Gasteiger partial charge in [-0.25, -0.2) is 0 Å². The summed E-state index contributed by atoms with van der Waals surface area (Å²) in [6, 6.07) is 5.84. The molecule has 1 saturated heterocycles. The molecule has 2 aliphatic rings. The van der Waals surface area contributed by atoms with Crippen LogP contribution in [0.15, 0.2) is 18.2 Å². The normalized spacial score (nSPS) is 29.2. The third-order valence-corrected chi connectivity index (χ3v) is 7.44. The SMILES string of the molecule is N#CNC[C@@H]1CCCC(C(=O)C2CSC(c3ccc(Cl)cc3I)N2)C1. The lowest BCUT2D eigenvalue weighted by molar-refractivity contribution is -0.125. The molecule has 1 aromatic carbocycles. The fourth-order valence-electron chi connectivity index (χ4n) is 3.74. The van der Waals surface area contributed by atoms with Gasteiger partial charge in [0.1, 0.15) is 0 Å². The van der Waals surface area contributed by atoms with Crippen molar-refractivity contribution >= 4 is 51.7 Å². The molecule has 4 nitrogen and oxygen atoms in total. The Morgan fingerprint density at radius 1 is 1.48 bits per heavy atom. The monoisotopic (exact) mass is 489 g/mol. The van der Waals surface area contributed by atoms with Crippen LogP contribution in [0.2, 0.25) is 5.02 Å². The lowest BCUT2D eigenvalue weighted by atomic mass is 9.78. The number of carbonyl (C=O) groups excluding carboxylic acids is 1. The lowest BCUT2D eigenvalue weighted by Crippen LogP contribution is -2.40. The number of halogens is 2. The first-order valence-electron chi connectivity index (χ1n) is 8.56. The zero-order valence-electron chi connectivity index (χ0n) is 13.8. The van der Waals surface area contributed by atoms with Crippen molar-refractivity contribution in [1.29, 1.82) is 5.26 Å². The standard InChI is InChI=1S/C18H21ClIN3OS/c19-13-4-5-14(15(20)7-13)18-23-16(9-25-18)17(24)12-3-1-2-11(6-12)8-22-10-21/h4-5,7,11-12,16,18,22-23H,1-3,6,8-9H2/t11-,12?,16?,18?/m1/s1. The minimum Gasteiger partial charge on any atom is -0.324 e. The van der Waals surface area contributed by atoms with Crippen LogP contribution in [0.25, 0.3) is 0 Å². The molecule has 3 rings (SSSR count). The molecular formula is C18H21ClIN3OS. The summed E-state index contributed by atoms with van der Waals surface area (Å²) >= 11 is 10.1. The van der Waals surface area contributed by atoms with Crippen molar-refractivity contribution in [2.45, 2.75) is 37.1 Å². The third-order valence-electron chi connectivity index (χ3n) is 5.03. The Hall–Kier alpha value is -0.490. The number of rotatable bonds is 5. The maximum absolute atomic E-state index is 13.0. The molecule has 0 spiro atoms. The molecule has 3 unspecified atom stereocenters. The first kappa shape index (κ1) is 19.3. The number of nitrogens with one attached hydrogen (secondary N) is 2. The van der Waals surface area contributed by atoms with Crippen LogP contribution < -0.4 is 10.6 Å². The second kappa shape index (κ2) is 8.94. The van der Waals surface area contributed by atoms with Gasteiger partial charge in [-0.05, 0) is 65.5 Å². The molecule has 1 saturated carbocycles. The van der Waals surface area contributed by atoms with Gasteiger partial charge in [0.2, 0.25) is 0 Å². The maximum Gasteiger partial charge on any atom is 0.176 e. The molecule has 134 valence electrons. The summed E-state index contributed by atoms with van der Waals surface area (Å²) in [5.74, 6) is 1.73. The summed E-state index contributed by atoms with van der Waals surface area (Å²) < 4.78 is 1.13. The molecule has 25 heavy (non-hydrogen) atoms. The van der Waals surface area contributed by atoms with E-state index in [1.54, 1.807) is 11.8 Å². The molecule has 1 heterocycles. The van der Waals surface area contributed by atoms with Gasteiger partial charge in [-0.1, -0.05) is 24.1 Å². The quantitative estimate of drug-likeness (QED) is 0.370. The van der Waals surface area contributed by atoms with Crippen molar-refractivity contribution in [3.8, 4) is 6.19 Å². The highest BCUT2D eigenvalue weighted by atomic mass is 127. The van der Waals surface area contributed by atoms with Gasteiger partial charge in [-0.3, -0.25) is 10.1 Å². The Morgan fingerprint density at radius 2 is 2.32 bits per heavy atom. The van der Waals surface area contributed by atoms with Gasteiger partial charge in [0, 0.05) is 26.8 Å². The van der Waals surface area contributed by atoms with E-state index in [1.165, 1.54) is 5.56 Å². The average Bonchev–Trinajstić information content (AvgIpc) is 3.09. The Morgan fingerprint density at radius 3 is 3.08 bits per heavy atom. The fourth-order valence-corrected chi connectivity index (χ4v) is 6.42. The fraction of sp³-hybridized carbons (Fsp3) is 0.556. The Kier molecular flexibility index (Phi) is 6.89. The van der Waals surface area contributed by atoms with Crippen LogP contribution in [-0.2, 0) is 4.79 Å². The zero-order chi connectivity index (χ0) is 17.8. The van der Waals surface area contributed by atoms with Crippen LogP contribution in [0.1, 0.15) is 36.6 Å². The van der Waals surface area contributed by atoms with Gasteiger partial charge in [-0.2, -0.15) is 5.26 Å². The Labute approximate surface area is 171 Å². The highest BCUT2D eigenvalue weighted by Crippen LogP contribution is 2.38. The molecule has 1 aromatic rings. The highest BCUT2D eigenvalue weighted by molar-refractivity contribution is 14.1. The summed E-state index contributed by atoms with van der Waals surface area (Å²) in [7, 11) is 0. The average molecular weight is 490 g/mol. The number of benzene rings is 1. The molecule has 0 radical (unpaired) electrons. The molecule has 2 N–H and O–H groups in total. The minimum atomic E-state index is -0.0749. The molecule has 0 bridgehead atoms. The highest BCUT2D eigenvalue weighted by Gasteiger charge is 2.36. The van der Waals surface area contributed by atoms with Crippen molar-refractivity contribution in [2.24, 2.45) is 11.8 Å². The number of carbonyl (C=O) groups is 1. The molecule has 7 heteroatoms. The molecule has 4 atom stereocenters.